The van der Waals surface area contributed by atoms with Crippen molar-refractivity contribution in [3.05, 3.63) is 5.21 Å². The summed E-state index contributed by atoms with van der Waals surface area (Å²) in [5.41, 5.74) is 9.69. The maximum atomic E-state index is 9.27. The minimum atomic E-state index is -0.204. The van der Waals surface area contributed by atoms with Gasteiger partial charge in [0.05, 0.1) is 0 Å². The van der Waals surface area contributed by atoms with E-state index in [-0.39, 0.29) is 11.5 Å². The highest BCUT2D eigenvalue weighted by Crippen LogP contribution is 1.30. The Morgan fingerprint density at radius 3 is 2.17 bits per heavy atom. The van der Waals surface area contributed by atoms with Crippen LogP contribution in [0.5, 0.6) is 0 Å². The third-order valence-corrected chi connectivity index (χ3v) is 0.202. The van der Waals surface area contributed by atoms with Gasteiger partial charge in [-0.25, -0.2) is 0 Å². The molecular weight excluding hydrogens is 84.0 g/mol. The summed E-state index contributed by atoms with van der Waals surface area (Å²) < 4.78 is 0. The molecule has 5 heteroatoms. The molecule has 0 aromatic carbocycles. The number of rotatable bonds is 1. The summed E-state index contributed by atoms with van der Waals surface area (Å²) >= 11 is 0. The van der Waals surface area contributed by atoms with E-state index in [1.54, 1.807) is 0 Å². The maximum absolute atomic E-state index is 9.27. The van der Waals surface area contributed by atoms with Crippen LogP contribution in [0.15, 0.2) is 5.10 Å². The van der Waals surface area contributed by atoms with E-state index >= 15 is 0 Å². The van der Waals surface area contributed by atoms with Gasteiger partial charge < -0.3 is 16.7 Å². The molecule has 36 valence electrons. The topological polar surface area (TPSA) is 104 Å². The number of hydrogen-bond acceptors (Lipinski definition) is 2. The molecule has 0 saturated carbocycles. The lowest BCUT2D eigenvalue weighted by atomic mass is 11.1. The minimum Gasteiger partial charge on any atom is -0.608 e. The van der Waals surface area contributed by atoms with Gasteiger partial charge in [-0.2, -0.15) is 0 Å². The molecule has 0 atom stereocenters. The largest absolute Gasteiger partial charge is 0.608 e. The van der Waals surface area contributed by atoms with Crippen molar-refractivity contribution in [2.45, 2.75) is 0 Å². The predicted octanol–water partition coefficient (Wildman–Crippen LogP) is -2.76. The van der Waals surface area contributed by atoms with Crippen molar-refractivity contribution in [1.82, 2.24) is 0 Å². The van der Waals surface area contributed by atoms with Crippen LogP contribution in [0.3, 0.4) is 0 Å². The van der Waals surface area contributed by atoms with Crippen molar-refractivity contribution >= 4 is 5.96 Å². The number of quaternary nitrogens is 1. The van der Waals surface area contributed by atoms with Crippen molar-refractivity contribution in [3.8, 4) is 0 Å². The van der Waals surface area contributed by atoms with Gasteiger partial charge in [0.15, 0.2) is 0 Å². The van der Waals surface area contributed by atoms with Crippen molar-refractivity contribution in [2.24, 2.45) is 16.6 Å². The van der Waals surface area contributed by atoms with Gasteiger partial charge in [-0.05, 0) is 5.10 Å². The van der Waals surface area contributed by atoms with Gasteiger partial charge in [0.25, 0.3) is 0 Å². The second-order valence-electron chi connectivity index (χ2n) is 0.659. The molecule has 0 aliphatic rings. The van der Waals surface area contributed by atoms with E-state index < -0.39 is 0 Å². The lowest BCUT2D eigenvalue weighted by Gasteiger charge is -1.87. The quantitative estimate of drug-likeness (QED) is 0.140. The second kappa shape index (κ2) is 2.43. The van der Waals surface area contributed by atoms with Crippen molar-refractivity contribution in [2.75, 3.05) is 0 Å². The molecule has 6 heavy (non-hydrogen) atoms. The van der Waals surface area contributed by atoms with E-state index in [0.717, 1.165) is 0 Å². The third-order valence-electron chi connectivity index (χ3n) is 0.202. The Balaban J connectivity index is 3.14. The molecule has 0 amide bonds. The van der Waals surface area contributed by atoms with Crippen molar-refractivity contribution in [3.63, 3.8) is 0 Å². The van der Waals surface area contributed by atoms with Gasteiger partial charge in [-0.1, -0.05) is 0 Å². The molecule has 0 aromatic rings. The lowest BCUT2D eigenvalue weighted by Crippen LogP contribution is -2.71. The van der Waals surface area contributed by atoms with E-state index in [9.17, 15) is 5.21 Å². The van der Waals surface area contributed by atoms with Crippen LogP contribution in [-0.2, 0) is 0 Å². The average Bonchev–Trinajstić information content (AvgIpc) is 1.35. The molecule has 0 radical (unpaired) electrons. The average molecular weight is 90.1 g/mol. The molecule has 0 unspecified atom stereocenters. The molecule has 0 rings (SSSR count). The standard InChI is InChI=1S/CH6N4O/c2-1(3)4-5-6/h5H2,(H4,2,3,4). The molecule has 0 bridgehead atoms. The number of nitrogens with two attached hydrogens (primary N) is 3. The van der Waals surface area contributed by atoms with Crippen LogP contribution < -0.4 is 17.1 Å². The molecule has 0 heterocycles. The number of nitrogens with zero attached hydrogens (tertiary/aromatic N) is 1. The summed E-state index contributed by atoms with van der Waals surface area (Å²) in [6, 6.07) is 0. The molecular formula is CH6N4O. The van der Waals surface area contributed by atoms with Crippen LogP contribution in [0.2, 0.25) is 0 Å². The summed E-state index contributed by atoms with van der Waals surface area (Å²) in [4.78, 5) is 0. The Morgan fingerprint density at radius 2 is 2.17 bits per heavy atom. The van der Waals surface area contributed by atoms with Crippen LogP contribution in [-0.4, -0.2) is 5.96 Å². The fraction of sp³-hybridized carbons (Fsp3) is 0. The van der Waals surface area contributed by atoms with E-state index in [1.165, 1.54) is 0 Å². The SMILES string of the molecule is NC(N)=N[NH2+][O-]. The van der Waals surface area contributed by atoms with Gasteiger partial charge >= 0.3 is 0 Å². The first-order valence-electron chi connectivity index (χ1n) is 1.29. The fourth-order valence-electron chi connectivity index (χ4n) is 0.0609. The van der Waals surface area contributed by atoms with Gasteiger partial charge in [-0.3, -0.25) is 5.59 Å². The Labute approximate surface area is 34.6 Å². The Kier molecular flexibility index (Phi) is 2.10. The van der Waals surface area contributed by atoms with Crippen LogP contribution in [0.4, 0.5) is 0 Å². The lowest BCUT2D eigenvalue weighted by molar-refractivity contribution is -0.595. The normalized spacial score (nSPS) is 7.50. The molecule has 0 aromatic heterocycles. The summed E-state index contributed by atoms with van der Waals surface area (Å²) in [6.45, 7) is 0. The number of guanidine groups is 1. The monoisotopic (exact) mass is 90.1 g/mol. The zero-order valence-electron chi connectivity index (χ0n) is 3.09. The van der Waals surface area contributed by atoms with Gasteiger partial charge in [0, 0.05) is 0 Å². The minimum absolute atomic E-state index is 0.204. The highest BCUT2D eigenvalue weighted by Gasteiger charge is 1.69. The highest BCUT2D eigenvalue weighted by atomic mass is 16.5. The van der Waals surface area contributed by atoms with Crippen LogP contribution >= 0.6 is 0 Å². The highest BCUT2D eigenvalue weighted by molar-refractivity contribution is 5.74. The van der Waals surface area contributed by atoms with Crippen molar-refractivity contribution < 1.29 is 5.59 Å². The van der Waals surface area contributed by atoms with Crippen molar-refractivity contribution in [1.29, 1.82) is 0 Å². The number of hydrogen-bond donors (Lipinski definition) is 3. The molecule has 6 N–H and O–H groups in total. The zero-order valence-corrected chi connectivity index (χ0v) is 3.09. The first-order chi connectivity index (χ1) is 2.77. The van der Waals surface area contributed by atoms with Gasteiger partial charge in [0.2, 0.25) is 5.96 Å². The Bertz CT molecular complexity index is 54.6. The van der Waals surface area contributed by atoms with Crippen LogP contribution in [0.25, 0.3) is 0 Å². The van der Waals surface area contributed by atoms with Crippen LogP contribution in [0.1, 0.15) is 0 Å². The van der Waals surface area contributed by atoms with E-state index in [1.807, 2.05) is 0 Å². The molecule has 0 saturated heterocycles. The smallest absolute Gasteiger partial charge is 0.245 e. The van der Waals surface area contributed by atoms with Gasteiger partial charge in [-0.15, -0.1) is 0 Å². The van der Waals surface area contributed by atoms with E-state index in [0.29, 0.717) is 0 Å². The molecule has 5 nitrogen and oxygen atoms in total. The summed E-state index contributed by atoms with van der Waals surface area (Å²) in [5.74, 6) is -0.204. The van der Waals surface area contributed by atoms with E-state index in [2.05, 4.69) is 5.10 Å². The summed E-state index contributed by atoms with van der Waals surface area (Å²) in [5, 5.41) is 12.2. The molecule has 0 fully saturated rings. The Hall–Kier alpha value is -0.810. The summed E-state index contributed by atoms with van der Waals surface area (Å²) in [6.07, 6.45) is 0. The predicted molar refractivity (Wildman–Crippen MR) is 21.1 cm³/mol. The maximum Gasteiger partial charge on any atom is 0.245 e. The first kappa shape index (κ1) is 5.19. The fourth-order valence-corrected chi connectivity index (χ4v) is 0.0609. The summed E-state index contributed by atoms with van der Waals surface area (Å²) in [7, 11) is 0. The molecule has 0 aliphatic heterocycles. The zero-order chi connectivity index (χ0) is 4.99. The second-order valence-corrected chi connectivity index (χ2v) is 0.659. The first-order valence-corrected chi connectivity index (χ1v) is 1.29. The molecule has 0 spiro atoms. The van der Waals surface area contributed by atoms with E-state index in [4.69, 9.17) is 11.5 Å². The van der Waals surface area contributed by atoms with Crippen LogP contribution in [0, 0.1) is 5.21 Å². The van der Waals surface area contributed by atoms with Gasteiger partial charge in [0.1, 0.15) is 0 Å². The molecule has 0 aliphatic carbocycles. The third kappa shape index (κ3) is 3.19. The Morgan fingerprint density at radius 1 is 1.67 bits per heavy atom.